The smallest absolute Gasteiger partial charge is 0.0368 e. The van der Waals surface area contributed by atoms with Gasteiger partial charge in [0.1, 0.15) is 0 Å². The number of thiophene rings is 1. The van der Waals surface area contributed by atoms with E-state index in [2.05, 4.69) is 121 Å². The van der Waals surface area contributed by atoms with E-state index < -0.39 is 0 Å². The van der Waals surface area contributed by atoms with Gasteiger partial charge in [-0.3, -0.25) is 0 Å². The van der Waals surface area contributed by atoms with E-state index in [-0.39, 0.29) is 0 Å². The largest absolute Gasteiger partial charge is 0.135 e. The highest BCUT2D eigenvalue weighted by molar-refractivity contribution is 7.26. The Labute approximate surface area is 196 Å². The van der Waals surface area contributed by atoms with Crippen LogP contribution in [0.2, 0.25) is 0 Å². The maximum Gasteiger partial charge on any atom is 0.0368 e. The average molecular weight is 437 g/mol. The van der Waals surface area contributed by atoms with Crippen molar-refractivity contribution in [3.8, 4) is 22.3 Å². The summed E-state index contributed by atoms with van der Waals surface area (Å²) in [4.78, 5) is 0. The Bertz CT molecular complexity index is 1800. The van der Waals surface area contributed by atoms with Crippen LogP contribution >= 0.6 is 11.3 Å². The summed E-state index contributed by atoms with van der Waals surface area (Å²) in [5, 5.41) is 7.89. The molecule has 0 saturated carbocycles. The quantitative estimate of drug-likeness (QED) is 0.253. The molecule has 7 aromatic rings. The van der Waals surface area contributed by atoms with Crippen LogP contribution < -0.4 is 0 Å². The monoisotopic (exact) mass is 436 g/mol. The SMILES string of the molecule is c1ccc2c(-c3ccc(-c4c5ccccc5cc5sc6ccccc6c45)cc3)cccc2c1. The van der Waals surface area contributed by atoms with Crippen LogP contribution in [-0.2, 0) is 0 Å². The third kappa shape index (κ3) is 2.90. The predicted molar refractivity (Wildman–Crippen MR) is 145 cm³/mol. The topological polar surface area (TPSA) is 0 Å². The van der Waals surface area contributed by atoms with Crippen LogP contribution in [0.15, 0.2) is 121 Å². The van der Waals surface area contributed by atoms with Crippen LogP contribution in [0.25, 0.3) is 64.0 Å². The van der Waals surface area contributed by atoms with Crippen molar-refractivity contribution in [3.63, 3.8) is 0 Å². The lowest BCUT2D eigenvalue weighted by Crippen LogP contribution is -1.85. The molecule has 0 bridgehead atoms. The Morgan fingerprint density at radius 3 is 1.91 bits per heavy atom. The highest BCUT2D eigenvalue weighted by atomic mass is 32.1. The van der Waals surface area contributed by atoms with Crippen LogP contribution in [0.1, 0.15) is 0 Å². The summed E-state index contributed by atoms with van der Waals surface area (Å²) in [6.07, 6.45) is 0. The second kappa shape index (κ2) is 7.30. The van der Waals surface area contributed by atoms with Crippen molar-refractivity contribution in [3.05, 3.63) is 121 Å². The third-order valence-corrected chi connectivity index (χ3v) is 7.78. The molecule has 1 heterocycles. The van der Waals surface area contributed by atoms with Crippen LogP contribution in [0, 0.1) is 0 Å². The summed E-state index contributed by atoms with van der Waals surface area (Å²) in [5.74, 6) is 0. The summed E-state index contributed by atoms with van der Waals surface area (Å²) < 4.78 is 2.69. The fourth-order valence-electron chi connectivity index (χ4n) is 5.14. The minimum Gasteiger partial charge on any atom is -0.135 e. The van der Waals surface area contributed by atoms with Crippen molar-refractivity contribution in [2.45, 2.75) is 0 Å². The summed E-state index contributed by atoms with van der Waals surface area (Å²) in [5.41, 5.74) is 5.14. The zero-order chi connectivity index (χ0) is 21.8. The van der Waals surface area contributed by atoms with E-state index in [1.165, 1.54) is 64.0 Å². The summed E-state index contributed by atoms with van der Waals surface area (Å²) in [6.45, 7) is 0. The normalized spacial score (nSPS) is 11.6. The molecule has 154 valence electrons. The van der Waals surface area contributed by atoms with Gasteiger partial charge in [-0.25, -0.2) is 0 Å². The Hall–Kier alpha value is -3.94. The fraction of sp³-hybridized carbons (Fsp3) is 0. The van der Waals surface area contributed by atoms with E-state index in [0.717, 1.165) is 0 Å². The summed E-state index contributed by atoms with van der Waals surface area (Å²) in [7, 11) is 0. The molecule has 0 unspecified atom stereocenters. The molecule has 0 spiro atoms. The standard InChI is InChI=1S/C32H20S/c1-3-11-25-21(8-1)10-7-14-26(25)22-16-18-23(19-17-22)31-27-12-4-2-9-24(27)20-30-32(31)28-13-5-6-15-29(28)33-30/h1-20H. The third-order valence-electron chi connectivity index (χ3n) is 6.66. The molecule has 0 atom stereocenters. The Morgan fingerprint density at radius 2 is 1.06 bits per heavy atom. The lowest BCUT2D eigenvalue weighted by atomic mass is 9.91. The van der Waals surface area contributed by atoms with E-state index in [4.69, 9.17) is 0 Å². The van der Waals surface area contributed by atoms with Crippen molar-refractivity contribution in [1.82, 2.24) is 0 Å². The molecule has 0 saturated heterocycles. The van der Waals surface area contributed by atoms with E-state index >= 15 is 0 Å². The first-order valence-electron chi connectivity index (χ1n) is 11.3. The highest BCUT2D eigenvalue weighted by Crippen LogP contribution is 2.44. The predicted octanol–water partition coefficient (Wildman–Crippen LogP) is 9.69. The molecule has 33 heavy (non-hydrogen) atoms. The zero-order valence-electron chi connectivity index (χ0n) is 18.0. The molecule has 0 amide bonds. The highest BCUT2D eigenvalue weighted by Gasteiger charge is 2.15. The molecule has 0 radical (unpaired) electrons. The molecular weight excluding hydrogens is 416 g/mol. The molecule has 1 aromatic heterocycles. The average Bonchev–Trinajstić information content (AvgIpc) is 3.25. The Balaban J connectivity index is 1.49. The van der Waals surface area contributed by atoms with Crippen molar-refractivity contribution in [1.29, 1.82) is 0 Å². The van der Waals surface area contributed by atoms with Gasteiger partial charge in [-0.1, -0.05) is 109 Å². The van der Waals surface area contributed by atoms with E-state index in [0.29, 0.717) is 0 Å². The molecular formula is C32H20S. The Kier molecular flexibility index (Phi) is 4.12. The van der Waals surface area contributed by atoms with Gasteiger partial charge in [0, 0.05) is 20.2 Å². The first-order valence-corrected chi connectivity index (χ1v) is 12.1. The van der Waals surface area contributed by atoms with Crippen molar-refractivity contribution >= 4 is 53.1 Å². The number of rotatable bonds is 2. The summed E-state index contributed by atoms with van der Waals surface area (Å²) >= 11 is 1.89. The first kappa shape index (κ1) is 18.6. The fourth-order valence-corrected chi connectivity index (χ4v) is 6.31. The lowest BCUT2D eigenvalue weighted by molar-refractivity contribution is 1.64. The molecule has 1 heteroatoms. The number of fused-ring (bicyclic) bond motifs is 5. The lowest BCUT2D eigenvalue weighted by Gasteiger charge is -2.12. The minimum absolute atomic E-state index is 1.25. The van der Waals surface area contributed by atoms with Gasteiger partial charge in [-0.2, -0.15) is 0 Å². The minimum atomic E-state index is 1.25. The van der Waals surface area contributed by atoms with E-state index in [9.17, 15) is 0 Å². The van der Waals surface area contributed by atoms with Crippen LogP contribution in [0.4, 0.5) is 0 Å². The second-order valence-corrected chi connectivity index (χ2v) is 9.63. The molecule has 0 nitrogen and oxygen atoms in total. The van der Waals surface area contributed by atoms with Crippen molar-refractivity contribution < 1.29 is 0 Å². The molecule has 0 aliphatic heterocycles. The van der Waals surface area contributed by atoms with Crippen molar-refractivity contribution in [2.75, 3.05) is 0 Å². The molecule has 0 aliphatic carbocycles. The molecule has 0 fully saturated rings. The van der Waals surface area contributed by atoms with E-state index in [1.54, 1.807) is 0 Å². The van der Waals surface area contributed by atoms with Gasteiger partial charge in [0.2, 0.25) is 0 Å². The van der Waals surface area contributed by atoms with Gasteiger partial charge >= 0.3 is 0 Å². The summed E-state index contributed by atoms with van der Waals surface area (Å²) in [6, 6.07) is 44.2. The van der Waals surface area contributed by atoms with Crippen LogP contribution in [0.5, 0.6) is 0 Å². The molecule has 0 aliphatic rings. The van der Waals surface area contributed by atoms with Gasteiger partial charge in [-0.15, -0.1) is 11.3 Å². The molecule has 6 aromatic carbocycles. The maximum atomic E-state index is 2.35. The zero-order valence-corrected chi connectivity index (χ0v) is 18.8. The molecule has 7 rings (SSSR count). The van der Waals surface area contributed by atoms with Gasteiger partial charge in [0.05, 0.1) is 0 Å². The Morgan fingerprint density at radius 1 is 0.424 bits per heavy atom. The van der Waals surface area contributed by atoms with Crippen LogP contribution in [-0.4, -0.2) is 0 Å². The van der Waals surface area contributed by atoms with E-state index in [1.807, 2.05) is 11.3 Å². The van der Waals surface area contributed by atoms with Gasteiger partial charge in [0.25, 0.3) is 0 Å². The first-order chi connectivity index (χ1) is 16.4. The molecule has 0 N–H and O–H groups in total. The second-order valence-electron chi connectivity index (χ2n) is 8.55. The van der Waals surface area contributed by atoms with Gasteiger partial charge in [0.15, 0.2) is 0 Å². The van der Waals surface area contributed by atoms with Gasteiger partial charge < -0.3 is 0 Å². The number of benzene rings is 6. The maximum absolute atomic E-state index is 2.35. The number of hydrogen-bond donors (Lipinski definition) is 0. The number of hydrogen-bond acceptors (Lipinski definition) is 1. The van der Waals surface area contributed by atoms with Gasteiger partial charge in [-0.05, 0) is 55.9 Å². The van der Waals surface area contributed by atoms with Crippen LogP contribution in [0.3, 0.4) is 0 Å². The van der Waals surface area contributed by atoms with Crippen molar-refractivity contribution in [2.24, 2.45) is 0 Å².